The highest BCUT2D eigenvalue weighted by Gasteiger charge is 2.15. The van der Waals surface area contributed by atoms with Crippen LogP contribution < -0.4 is 5.73 Å². The molecular weight excluding hydrogens is 226 g/mol. The third-order valence-corrected chi connectivity index (χ3v) is 2.69. The third kappa shape index (κ3) is 5.63. The van der Waals surface area contributed by atoms with E-state index in [4.69, 9.17) is 15.2 Å². The van der Waals surface area contributed by atoms with E-state index in [0.29, 0.717) is 13.2 Å². The van der Waals surface area contributed by atoms with Gasteiger partial charge in [0, 0.05) is 0 Å². The molecule has 2 unspecified atom stereocenters. The summed E-state index contributed by atoms with van der Waals surface area (Å²) in [5.41, 5.74) is 7.12. The average molecular weight is 251 g/mol. The van der Waals surface area contributed by atoms with Crippen molar-refractivity contribution in [1.82, 2.24) is 0 Å². The minimum absolute atomic E-state index is 0.0176. The number of hydrogen-bond donors (Lipinski definition) is 1. The summed E-state index contributed by atoms with van der Waals surface area (Å²) in [5.74, 6) is 0. The van der Waals surface area contributed by atoms with Gasteiger partial charge in [0.25, 0.3) is 0 Å². The molecular formula is C15H25NO2. The van der Waals surface area contributed by atoms with Crippen LogP contribution in [0.15, 0.2) is 30.3 Å². The van der Waals surface area contributed by atoms with Crippen LogP contribution in [-0.2, 0) is 9.47 Å². The molecule has 18 heavy (non-hydrogen) atoms. The predicted molar refractivity (Wildman–Crippen MR) is 74.5 cm³/mol. The van der Waals surface area contributed by atoms with Crippen LogP contribution in [-0.4, -0.2) is 24.9 Å². The maximum atomic E-state index is 6.14. The largest absolute Gasteiger partial charge is 0.374 e. The minimum atomic E-state index is -0.117. The van der Waals surface area contributed by atoms with Gasteiger partial charge in [-0.3, -0.25) is 0 Å². The van der Waals surface area contributed by atoms with Gasteiger partial charge < -0.3 is 15.2 Å². The van der Waals surface area contributed by atoms with Gasteiger partial charge in [0.2, 0.25) is 0 Å². The molecule has 0 saturated heterocycles. The summed E-state index contributed by atoms with van der Waals surface area (Å²) in [6.07, 6.45) is -0.0176. The molecule has 3 nitrogen and oxygen atoms in total. The predicted octanol–water partition coefficient (Wildman–Crippen LogP) is 2.91. The van der Waals surface area contributed by atoms with E-state index in [9.17, 15) is 0 Å². The zero-order valence-corrected chi connectivity index (χ0v) is 11.8. The molecule has 2 atom stereocenters. The van der Waals surface area contributed by atoms with E-state index in [-0.39, 0.29) is 17.7 Å². The SMILES string of the molecule is CC(OCCOC(C)(C)C)C(N)c1ccccc1. The Kier molecular flexibility index (Phi) is 5.79. The second-order valence-corrected chi connectivity index (χ2v) is 5.47. The molecule has 3 heteroatoms. The summed E-state index contributed by atoms with van der Waals surface area (Å²) in [4.78, 5) is 0. The van der Waals surface area contributed by atoms with Gasteiger partial charge >= 0.3 is 0 Å². The van der Waals surface area contributed by atoms with Gasteiger partial charge in [0.15, 0.2) is 0 Å². The molecule has 0 aromatic heterocycles. The number of benzene rings is 1. The van der Waals surface area contributed by atoms with Gasteiger partial charge in [-0.1, -0.05) is 30.3 Å². The van der Waals surface area contributed by atoms with Crippen molar-refractivity contribution in [1.29, 1.82) is 0 Å². The summed E-state index contributed by atoms with van der Waals surface area (Å²) in [7, 11) is 0. The molecule has 0 bridgehead atoms. The fourth-order valence-corrected chi connectivity index (χ4v) is 1.63. The van der Waals surface area contributed by atoms with E-state index >= 15 is 0 Å². The summed E-state index contributed by atoms with van der Waals surface area (Å²) in [6, 6.07) is 9.92. The molecule has 0 aliphatic heterocycles. The topological polar surface area (TPSA) is 44.5 Å². The normalized spacial score (nSPS) is 15.4. The second-order valence-electron chi connectivity index (χ2n) is 5.47. The van der Waals surface area contributed by atoms with Crippen molar-refractivity contribution >= 4 is 0 Å². The van der Waals surface area contributed by atoms with Gasteiger partial charge in [-0.2, -0.15) is 0 Å². The maximum Gasteiger partial charge on any atom is 0.0740 e. The van der Waals surface area contributed by atoms with Crippen LogP contribution in [0.3, 0.4) is 0 Å². The van der Waals surface area contributed by atoms with Crippen molar-refractivity contribution in [2.45, 2.75) is 45.4 Å². The molecule has 0 spiro atoms. The third-order valence-electron chi connectivity index (χ3n) is 2.69. The van der Waals surface area contributed by atoms with Crippen LogP contribution in [0.2, 0.25) is 0 Å². The number of ether oxygens (including phenoxy) is 2. The quantitative estimate of drug-likeness (QED) is 0.791. The highest BCUT2D eigenvalue weighted by Crippen LogP contribution is 2.16. The van der Waals surface area contributed by atoms with Gasteiger partial charge in [0.05, 0.1) is 31.0 Å². The lowest BCUT2D eigenvalue weighted by molar-refractivity contribution is -0.0524. The van der Waals surface area contributed by atoms with Gasteiger partial charge in [-0.15, -0.1) is 0 Å². The van der Waals surface area contributed by atoms with E-state index in [0.717, 1.165) is 5.56 Å². The molecule has 0 radical (unpaired) electrons. The molecule has 0 aliphatic rings. The van der Waals surface area contributed by atoms with Crippen LogP contribution >= 0.6 is 0 Å². The van der Waals surface area contributed by atoms with E-state index < -0.39 is 0 Å². The van der Waals surface area contributed by atoms with Gasteiger partial charge in [0.1, 0.15) is 0 Å². The molecule has 1 rings (SSSR count). The van der Waals surface area contributed by atoms with Crippen molar-refractivity contribution in [3.63, 3.8) is 0 Å². The van der Waals surface area contributed by atoms with E-state index in [1.54, 1.807) is 0 Å². The lowest BCUT2D eigenvalue weighted by Crippen LogP contribution is -2.29. The number of nitrogens with two attached hydrogens (primary N) is 1. The minimum Gasteiger partial charge on any atom is -0.374 e. The van der Waals surface area contributed by atoms with Crippen molar-refractivity contribution in [2.24, 2.45) is 5.73 Å². The molecule has 0 fully saturated rings. The Morgan fingerprint density at radius 3 is 2.28 bits per heavy atom. The Morgan fingerprint density at radius 2 is 1.72 bits per heavy atom. The molecule has 102 valence electrons. The van der Waals surface area contributed by atoms with E-state index in [1.165, 1.54) is 0 Å². The Labute approximate surface area is 110 Å². The molecule has 0 heterocycles. The fraction of sp³-hybridized carbons (Fsp3) is 0.600. The molecule has 0 aliphatic carbocycles. The zero-order valence-electron chi connectivity index (χ0n) is 11.8. The van der Waals surface area contributed by atoms with Crippen LogP contribution in [0.4, 0.5) is 0 Å². The Morgan fingerprint density at radius 1 is 1.11 bits per heavy atom. The van der Waals surface area contributed by atoms with Crippen LogP contribution in [0.5, 0.6) is 0 Å². The van der Waals surface area contributed by atoms with E-state index in [2.05, 4.69) is 0 Å². The summed E-state index contributed by atoms with van der Waals surface area (Å²) < 4.78 is 11.3. The summed E-state index contributed by atoms with van der Waals surface area (Å²) >= 11 is 0. The highest BCUT2D eigenvalue weighted by molar-refractivity contribution is 5.19. The molecule has 1 aromatic carbocycles. The Bertz CT molecular complexity index is 332. The van der Waals surface area contributed by atoms with Crippen LogP contribution in [0.1, 0.15) is 39.3 Å². The summed E-state index contributed by atoms with van der Waals surface area (Å²) in [5, 5.41) is 0. The first-order valence-electron chi connectivity index (χ1n) is 6.46. The molecule has 1 aromatic rings. The zero-order chi connectivity index (χ0) is 13.6. The first-order chi connectivity index (χ1) is 8.40. The first kappa shape index (κ1) is 15.2. The molecule has 0 saturated carbocycles. The second kappa shape index (κ2) is 6.88. The first-order valence-corrected chi connectivity index (χ1v) is 6.46. The van der Waals surface area contributed by atoms with Crippen LogP contribution in [0.25, 0.3) is 0 Å². The van der Waals surface area contributed by atoms with Crippen molar-refractivity contribution in [2.75, 3.05) is 13.2 Å². The van der Waals surface area contributed by atoms with Gasteiger partial charge in [-0.05, 0) is 33.3 Å². The summed E-state index contributed by atoms with van der Waals surface area (Å²) in [6.45, 7) is 9.26. The highest BCUT2D eigenvalue weighted by atomic mass is 16.5. The number of hydrogen-bond acceptors (Lipinski definition) is 3. The lowest BCUT2D eigenvalue weighted by Gasteiger charge is -2.23. The molecule has 0 amide bonds. The van der Waals surface area contributed by atoms with Gasteiger partial charge in [-0.25, -0.2) is 0 Å². The monoisotopic (exact) mass is 251 g/mol. The van der Waals surface area contributed by atoms with Crippen molar-refractivity contribution < 1.29 is 9.47 Å². The van der Waals surface area contributed by atoms with Crippen LogP contribution in [0, 0.1) is 0 Å². The fourth-order valence-electron chi connectivity index (χ4n) is 1.63. The van der Waals surface area contributed by atoms with E-state index in [1.807, 2.05) is 58.0 Å². The van der Waals surface area contributed by atoms with Crippen molar-refractivity contribution in [3.8, 4) is 0 Å². The smallest absolute Gasteiger partial charge is 0.0740 e. The molecule has 2 N–H and O–H groups in total. The van der Waals surface area contributed by atoms with Crippen molar-refractivity contribution in [3.05, 3.63) is 35.9 Å². The Hall–Kier alpha value is -0.900. The number of rotatable bonds is 6. The maximum absolute atomic E-state index is 6.14. The standard InChI is InChI=1S/C15H25NO2/c1-12(17-10-11-18-15(2,3)4)14(16)13-8-6-5-7-9-13/h5-9,12,14H,10-11,16H2,1-4H3. The average Bonchev–Trinajstić information content (AvgIpc) is 2.33. The Balaban J connectivity index is 2.31. The lowest BCUT2D eigenvalue weighted by atomic mass is 10.0.